The molecule has 0 amide bonds. The van der Waals surface area contributed by atoms with Crippen molar-refractivity contribution in [2.24, 2.45) is 0 Å². The van der Waals surface area contributed by atoms with E-state index < -0.39 is 0 Å². The monoisotopic (exact) mass is 419 g/mol. The Morgan fingerprint density at radius 1 is 0.929 bits per heavy atom. The lowest BCUT2D eigenvalue weighted by molar-refractivity contribution is 0.303. The number of benzene rings is 3. The van der Waals surface area contributed by atoms with Gasteiger partial charge < -0.3 is 14.8 Å². The van der Waals surface area contributed by atoms with Crippen LogP contribution >= 0.6 is 23.2 Å². The summed E-state index contributed by atoms with van der Waals surface area (Å²) in [7, 11) is 0. The van der Waals surface area contributed by atoms with Crippen molar-refractivity contribution in [3.8, 4) is 11.5 Å². The summed E-state index contributed by atoms with van der Waals surface area (Å²) in [5.41, 5.74) is 2.61. The maximum absolute atomic E-state index is 13.1. The lowest BCUT2D eigenvalue weighted by Gasteiger charge is -2.15. The van der Waals surface area contributed by atoms with Crippen LogP contribution in [-0.4, -0.2) is 6.61 Å². The average Bonchev–Trinajstić information content (AvgIpc) is 2.68. The molecule has 1 N–H and O–H groups in total. The minimum Gasteiger partial charge on any atom is -0.494 e. The Kier molecular flexibility index (Phi) is 7.01. The van der Waals surface area contributed by atoms with E-state index in [2.05, 4.69) is 5.32 Å². The number of hydrogen-bond acceptors (Lipinski definition) is 3. The zero-order valence-electron chi connectivity index (χ0n) is 15.3. The number of nitrogens with one attached hydrogen (secondary N) is 1. The first-order valence-corrected chi connectivity index (χ1v) is 9.62. The lowest BCUT2D eigenvalue weighted by Crippen LogP contribution is -2.04. The molecule has 0 aliphatic carbocycles. The van der Waals surface area contributed by atoms with Gasteiger partial charge in [-0.15, -0.1) is 0 Å². The van der Waals surface area contributed by atoms with Crippen LogP contribution in [0.3, 0.4) is 0 Å². The second-order valence-corrected chi connectivity index (χ2v) is 6.95. The van der Waals surface area contributed by atoms with Gasteiger partial charge in [0.2, 0.25) is 0 Å². The van der Waals surface area contributed by atoms with Crippen molar-refractivity contribution in [2.45, 2.75) is 20.1 Å². The van der Waals surface area contributed by atoms with Crippen molar-refractivity contribution < 1.29 is 13.9 Å². The number of ether oxygens (including phenoxy) is 2. The second kappa shape index (κ2) is 9.67. The molecule has 0 spiro atoms. The Hall–Kier alpha value is -2.43. The Balaban J connectivity index is 1.71. The number of halogens is 3. The third-order valence-electron chi connectivity index (χ3n) is 4.03. The second-order valence-electron chi connectivity index (χ2n) is 6.10. The van der Waals surface area contributed by atoms with Gasteiger partial charge in [0.1, 0.15) is 23.9 Å². The van der Waals surface area contributed by atoms with E-state index >= 15 is 0 Å². The molecule has 3 aromatic carbocycles. The minimum absolute atomic E-state index is 0.275. The summed E-state index contributed by atoms with van der Waals surface area (Å²) in [6.45, 7) is 3.33. The fraction of sp³-hybridized carbons (Fsp3) is 0.182. The van der Waals surface area contributed by atoms with E-state index in [1.54, 1.807) is 18.2 Å². The number of hydrogen-bond donors (Lipinski definition) is 1. The van der Waals surface area contributed by atoms with Crippen LogP contribution in [0.1, 0.15) is 18.1 Å². The largest absolute Gasteiger partial charge is 0.494 e. The van der Waals surface area contributed by atoms with E-state index in [1.807, 2.05) is 37.3 Å². The molecule has 0 unspecified atom stereocenters. The van der Waals surface area contributed by atoms with Crippen LogP contribution in [0, 0.1) is 5.82 Å². The minimum atomic E-state index is -0.284. The lowest BCUT2D eigenvalue weighted by atomic mass is 10.2. The van der Waals surface area contributed by atoms with E-state index in [0.29, 0.717) is 28.9 Å². The van der Waals surface area contributed by atoms with Crippen molar-refractivity contribution in [2.75, 3.05) is 11.9 Å². The standard InChI is InChI=1S/C22H20Cl2FNO2/c1-2-27-20-9-7-19(8-10-20)26-13-16-11-17(23)12-21(24)22(16)28-14-15-3-5-18(25)6-4-15/h3-12,26H,2,13-14H2,1H3. The predicted molar refractivity (Wildman–Crippen MR) is 112 cm³/mol. The highest BCUT2D eigenvalue weighted by molar-refractivity contribution is 6.35. The fourth-order valence-corrected chi connectivity index (χ4v) is 3.27. The van der Waals surface area contributed by atoms with Crippen LogP contribution in [0.2, 0.25) is 10.0 Å². The van der Waals surface area contributed by atoms with Gasteiger partial charge in [0.25, 0.3) is 0 Å². The van der Waals surface area contributed by atoms with Crippen molar-refractivity contribution in [3.05, 3.63) is 87.7 Å². The molecule has 0 aliphatic rings. The molecule has 0 atom stereocenters. The van der Waals surface area contributed by atoms with E-state index in [1.165, 1.54) is 12.1 Å². The van der Waals surface area contributed by atoms with Gasteiger partial charge in [-0.1, -0.05) is 35.3 Å². The topological polar surface area (TPSA) is 30.5 Å². The highest BCUT2D eigenvalue weighted by atomic mass is 35.5. The molecule has 0 aliphatic heterocycles. The number of rotatable bonds is 8. The van der Waals surface area contributed by atoms with E-state index in [-0.39, 0.29) is 12.4 Å². The number of anilines is 1. The molecule has 0 aromatic heterocycles. The summed E-state index contributed by atoms with van der Waals surface area (Å²) in [6, 6.07) is 17.3. The van der Waals surface area contributed by atoms with Crippen LogP contribution in [0.15, 0.2) is 60.7 Å². The van der Waals surface area contributed by atoms with Crippen LogP contribution in [0.4, 0.5) is 10.1 Å². The smallest absolute Gasteiger partial charge is 0.143 e. The molecule has 0 saturated carbocycles. The zero-order chi connectivity index (χ0) is 19.9. The van der Waals surface area contributed by atoms with Gasteiger partial charge >= 0.3 is 0 Å². The highest BCUT2D eigenvalue weighted by Crippen LogP contribution is 2.33. The highest BCUT2D eigenvalue weighted by Gasteiger charge is 2.11. The van der Waals surface area contributed by atoms with Crippen LogP contribution in [0.25, 0.3) is 0 Å². The predicted octanol–water partition coefficient (Wildman–Crippen LogP) is 6.72. The molecule has 6 heteroatoms. The maximum atomic E-state index is 13.1. The first-order valence-electron chi connectivity index (χ1n) is 8.87. The normalized spacial score (nSPS) is 10.6. The van der Waals surface area contributed by atoms with E-state index in [4.69, 9.17) is 32.7 Å². The first kappa shape index (κ1) is 20.3. The Morgan fingerprint density at radius 2 is 1.64 bits per heavy atom. The SMILES string of the molecule is CCOc1ccc(NCc2cc(Cl)cc(Cl)c2OCc2ccc(F)cc2)cc1. The molecule has 0 radical (unpaired) electrons. The van der Waals surface area contributed by atoms with Crippen molar-refractivity contribution in [1.82, 2.24) is 0 Å². The van der Waals surface area contributed by atoms with Crippen molar-refractivity contribution >= 4 is 28.9 Å². The molecule has 0 fully saturated rings. The van der Waals surface area contributed by atoms with Gasteiger partial charge in [0.05, 0.1) is 11.6 Å². The molecule has 0 heterocycles. The van der Waals surface area contributed by atoms with E-state index in [9.17, 15) is 4.39 Å². The molecular formula is C22H20Cl2FNO2. The van der Waals surface area contributed by atoms with Crippen LogP contribution in [-0.2, 0) is 13.2 Å². The quantitative estimate of drug-likeness (QED) is 0.439. The molecule has 0 saturated heterocycles. The third kappa shape index (κ3) is 5.54. The average molecular weight is 420 g/mol. The summed E-state index contributed by atoms with van der Waals surface area (Å²) in [5, 5.41) is 4.29. The molecular weight excluding hydrogens is 400 g/mol. The molecule has 28 heavy (non-hydrogen) atoms. The summed E-state index contributed by atoms with van der Waals surface area (Å²) in [6.07, 6.45) is 0. The molecule has 3 aromatic rings. The van der Waals surface area contributed by atoms with Gasteiger partial charge in [-0.05, 0) is 61.0 Å². The van der Waals surface area contributed by atoms with E-state index in [0.717, 1.165) is 22.6 Å². The maximum Gasteiger partial charge on any atom is 0.143 e. The van der Waals surface area contributed by atoms with Gasteiger partial charge in [0, 0.05) is 22.8 Å². The Bertz CT molecular complexity index is 915. The Morgan fingerprint density at radius 3 is 2.32 bits per heavy atom. The van der Waals surface area contributed by atoms with Crippen molar-refractivity contribution in [1.29, 1.82) is 0 Å². The summed E-state index contributed by atoms with van der Waals surface area (Å²) in [4.78, 5) is 0. The van der Waals surface area contributed by atoms with Crippen LogP contribution in [0.5, 0.6) is 11.5 Å². The summed E-state index contributed by atoms with van der Waals surface area (Å²) in [5.74, 6) is 1.09. The third-order valence-corrected chi connectivity index (χ3v) is 4.53. The van der Waals surface area contributed by atoms with Gasteiger partial charge in [-0.2, -0.15) is 0 Å². The zero-order valence-corrected chi connectivity index (χ0v) is 16.9. The van der Waals surface area contributed by atoms with Gasteiger partial charge in [-0.3, -0.25) is 0 Å². The molecule has 146 valence electrons. The Labute approximate surface area is 174 Å². The first-order chi connectivity index (χ1) is 13.5. The molecule has 0 bridgehead atoms. The molecule has 3 rings (SSSR count). The van der Waals surface area contributed by atoms with Crippen LogP contribution < -0.4 is 14.8 Å². The van der Waals surface area contributed by atoms with Crippen molar-refractivity contribution in [3.63, 3.8) is 0 Å². The fourth-order valence-electron chi connectivity index (χ4n) is 2.68. The van der Waals surface area contributed by atoms with Gasteiger partial charge in [0.15, 0.2) is 0 Å². The van der Waals surface area contributed by atoms with Gasteiger partial charge in [-0.25, -0.2) is 4.39 Å². The summed E-state index contributed by atoms with van der Waals surface area (Å²) >= 11 is 12.5. The molecule has 3 nitrogen and oxygen atoms in total. The summed E-state index contributed by atoms with van der Waals surface area (Å²) < 4.78 is 24.4.